The molecule has 0 aromatic heterocycles. The Morgan fingerprint density at radius 3 is 2.65 bits per heavy atom. The van der Waals surface area contributed by atoms with E-state index in [-0.39, 0.29) is 0 Å². The first kappa shape index (κ1) is 14.1. The number of benzene rings is 1. The standard InChI is InChI=1S/C16H23NO2S/c17-14(12-4-2-1-3-5-12)11-20-13-6-7-15-16(10-13)19-9-8-18-15/h6-7,10,12,14H,1-5,8-9,11,17H2. The summed E-state index contributed by atoms with van der Waals surface area (Å²) in [5.41, 5.74) is 6.36. The van der Waals surface area contributed by atoms with Gasteiger partial charge in [0.1, 0.15) is 13.2 Å². The Morgan fingerprint density at radius 1 is 1.10 bits per heavy atom. The van der Waals surface area contributed by atoms with Crippen LogP contribution in [0, 0.1) is 5.92 Å². The van der Waals surface area contributed by atoms with Gasteiger partial charge in [0.2, 0.25) is 0 Å². The van der Waals surface area contributed by atoms with Gasteiger partial charge in [0.05, 0.1) is 0 Å². The first-order valence-corrected chi connectivity index (χ1v) is 8.59. The lowest BCUT2D eigenvalue weighted by atomic mass is 9.85. The smallest absolute Gasteiger partial charge is 0.162 e. The van der Waals surface area contributed by atoms with Crippen molar-refractivity contribution in [3.05, 3.63) is 18.2 Å². The first-order valence-electron chi connectivity index (χ1n) is 7.61. The van der Waals surface area contributed by atoms with Gasteiger partial charge in [0.15, 0.2) is 11.5 Å². The highest BCUT2D eigenvalue weighted by atomic mass is 32.2. The first-order chi connectivity index (χ1) is 9.83. The molecule has 0 bridgehead atoms. The van der Waals surface area contributed by atoms with Crippen LogP contribution >= 0.6 is 11.8 Å². The fraction of sp³-hybridized carbons (Fsp3) is 0.625. The molecular formula is C16H23NO2S. The van der Waals surface area contributed by atoms with Crippen LogP contribution in [0.3, 0.4) is 0 Å². The molecule has 1 unspecified atom stereocenters. The molecule has 2 N–H and O–H groups in total. The van der Waals surface area contributed by atoms with Gasteiger partial charge >= 0.3 is 0 Å². The van der Waals surface area contributed by atoms with Crippen LogP contribution in [0.4, 0.5) is 0 Å². The molecule has 1 aliphatic carbocycles. The molecule has 3 nitrogen and oxygen atoms in total. The van der Waals surface area contributed by atoms with E-state index >= 15 is 0 Å². The predicted molar refractivity (Wildman–Crippen MR) is 82.7 cm³/mol. The lowest BCUT2D eigenvalue weighted by Crippen LogP contribution is -2.33. The number of fused-ring (bicyclic) bond motifs is 1. The second-order valence-corrected chi connectivity index (χ2v) is 6.77. The Hall–Kier alpha value is -0.870. The van der Waals surface area contributed by atoms with Gasteiger partial charge in [0, 0.05) is 16.7 Å². The molecule has 4 heteroatoms. The van der Waals surface area contributed by atoms with E-state index < -0.39 is 0 Å². The maximum absolute atomic E-state index is 6.36. The van der Waals surface area contributed by atoms with Gasteiger partial charge in [-0.3, -0.25) is 0 Å². The van der Waals surface area contributed by atoms with E-state index in [4.69, 9.17) is 15.2 Å². The molecular weight excluding hydrogens is 270 g/mol. The Morgan fingerprint density at radius 2 is 1.85 bits per heavy atom. The van der Waals surface area contributed by atoms with E-state index in [1.54, 1.807) is 0 Å². The fourth-order valence-electron chi connectivity index (χ4n) is 3.00. The van der Waals surface area contributed by atoms with Crippen LogP contribution in [0.15, 0.2) is 23.1 Å². The number of hydrogen-bond donors (Lipinski definition) is 1. The molecule has 1 saturated carbocycles. The van der Waals surface area contributed by atoms with Crippen LogP contribution in [-0.2, 0) is 0 Å². The highest BCUT2D eigenvalue weighted by Gasteiger charge is 2.20. The third kappa shape index (κ3) is 3.41. The number of thioether (sulfide) groups is 1. The molecule has 110 valence electrons. The van der Waals surface area contributed by atoms with E-state index in [1.165, 1.54) is 37.0 Å². The molecule has 1 aliphatic heterocycles. The van der Waals surface area contributed by atoms with Crippen LogP contribution in [0.2, 0.25) is 0 Å². The molecule has 1 fully saturated rings. The molecule has 0 spiro atoms. The fourth-order valence-corrected chi connectivity index (χ4v) is 4.02. The Bertz CT molecular complexity index is 446. The minimum absolute atomic E-state index is 0.313. The van der Waals surface area contributed by atoms with Crippen molar-refractivity contribution in [3.63, 3.8) is 0 Å². The summed E-state index contributed by atoms with van der Waals surface area (Å²) in [5.74, 6) is 3.43. The summed E-state index contributed by atoms with van der Waals surface area (Å²) in [6, 6.07) is 6.50. The van der Waals surface area contributed by atoms with Crippen LogP contribution in [0.25, 0.3) is 0 Å². The number of nitrogens with two attached hydrogens (primary N) is 1. The van der Waals surface area contributed by atoms with Crippen molar-refractivity contribution in [2.24, 2.45) is 11.7 Å². The topological polar surface area (TPSA) is 44.5 Å². The summed E-state index contributed by atoms with van der Waals surface area (Å²) in [6.07, 6.45) is 6.71. The second kappa shape index (κ2) is 6.72. The normalized spacial score (nSPS) is 20.6. The Kier molecular flexibility index (Phi) is 4.73. The lowest BCUT2D eigenvalue weighted by Gasteiger charge is -2.27. The third-order valence-corrected chi connectivity index (χ3v) is 5.35. The number of ether oxygens (including phenoxy) is 2. The van der Waals surface area contributed by atoms with Crippen molar-refractivity contribution in [1.82, 2.24) is 0 Å². The van der Waals surface area contributed by atoms with Gasteiger partial charge in [0.25, 0.3) is 0 Å². The van der Waals surface area contributed by atoms with Crippen molar-refractivity contribution in [2.45, 2.75) is 43.0 Å². The highest BCUT2D eigenvalue weighted by Crippen LogP contribution is 2.35. The summed E-state index contributed by atoms with van der Waals surface area (Å²) in [7, 11) is 0. The maximum atomic E-state index is 6.36. The van der Waals surface area contributed by atoms with Crippen molar-refractivity contribution in [2.75, 3.05) is 19.0 Å². The van der Waals surface area contributed by atoms with E-state index in [0.29, 0.717) is 25.2 Å². The zero-order chi connectivity index (χ0) is 13.8. The monoisotopic (exact) mass is 293 g/mol. The summed E-state index contributed by atoms with van der Waals surface area (Å²) in [5, 5.41) is 0. The van der Waals surface area contributed by atoms with E-state index in [2.05, 4.69) is 12.1 Å². The zero-order valence-electron chi connectivity index (χ0n) is 11.8. The summed E-state index contributed by atoms with van der Waals surface area (Å²) in [4.78, 5) is 1.22. The van der Waals surface area contributed by atoms with Crippen LogP contribution in [0.5, 0.6) is 11.5 Å². The summed E-state index contributed by atoms with van der Waals surface area (Å²) >= 11 is 1.83. The summed E-state index contributed by atoms with van der Waals surface area (Å²) in [6.45, 7) is 1.29. The quantitative estimate of drug-likeness (QED) is 0.864. The van der Waals surface area contributed by atoms with E-state index in [0.717, 1.165) is 17.3 Å². The predicted octanol–water partition coefficient (Wildman–Crippen LogP) is 3.46. The van der Waals surface area contributed by atoms with Gasteiger partial charge in [-0.05, 0) is 37.0 Å². The third-order valence-electron chi connectivity index (χ3n) is 4.21. The molecule has 20 heavy (non-hydrogen) atoms. The minimum Gasteiger partial charge on any atom is -0.486 e. The van der Waals surface area contributed by atoms with Crippen molar-refractivity contribution in [3.8, 4) is 11.5 Å². The Labute approximate surface area is 125 Å². The average Bonchev–Trinajstić information content (AvgIpc) is 2.53. The Balaban J connectivity index is 1.55. The maximum Gasteiger partial charge on any atom is 0.162 e. The van der Waals surface area contributed by atoms with Crippen molar-refractivity contribution in [1.29, 1.82) is 0 Å². The average molecular weight is 293 g/mol. The minimum atomic E-state index is 0.313. The number of rotatable bonds is 4. The van der Waals surface area contributed by atoms with Gasteiger partial charge in [-0.2, -0.15) is 0 Å². The highest BCUT2D eigenvalue weighted by molar-refractivity contribution is 7.99. The van der Waals surface area contributed by atoms with Crippen LogP contribution < -0.4 is 15.2 Å². The van der Waals surface area contributed by atoms with Crippen LogP contribution in [0.1, 0.15) is 32.1 Å². The molecule has 1 aromatic rings. The molecule has 1 heterocycles. The van der Waals surface area contributed by atoms with E-state index in [9.17, 15) is 0 Å². The zero-order valence-corrected chi connectivity index (χ0v) is 12.7. The van der Waals surface area contributed by atoms with Gasteiger partial charge in [-0.15, -0.1) is 11.8 Å². The molecule has 0 radical (unpaired) electrons. The largest absolute Gasteiger partial charge is 0.486 e. The van der Waals surface area contributed by atoms with Crippen molar-refractivity contribution < 1.29 is 9.47 Å². The number of hydrogen-bond acceptors (Lipinski definition) is 4. The second-order valence-electron chi connectivity index (χ2n) is 5.68. The molecule has 0 amide bonds. The molecule has 0 saturated heterocycles. The summed E-state index contributed by atoms with van der Waals surface area (Å²) < 4.78 is 11.2. The molecule has 3 rings (SSSR count). The van der Waals surface area contributed by atoms with Gasteiger partial charge < -0.3 is 15.2 Å². The van der Waals surface area contributed by atoms with E-state index in [1.807, 2.05) is 17.8 Å². The van der Waals surface area contributed by atoms with Crippen molar-refractivity contribution >= 4 is 11.8 Å². The molecule has 2 aliphatic rings. The lowest BCUT2D eigenvalue weighted by molar-refractivity contribution is 0.171. The van der Waals surface area contributed by atoms with Gasteiger partial charge in [-0.1, -0.05) is 19.3 Å². The van der Waals surface area contributed by atoms with Gasteiger partial charge in [-0.25, -0.2) is 0 Å². The van der Waals surface area contributed by atoms with Crippen LogP contribution in [-0.4, -0.2) is 25.0 Å². The molecule has 1 atom stereocenters. The SMILES string of the molecule is NC(CSc1ccc2c(c1)OCCO2)C1CCCCC1. The molecule has 1 aromatic carbocycles.